The van der Waals surface area contributed by atoms with E-state index >= 15 is 0 Å². The second-order valence-electron chi connectivity index (χ2n) is 6.65. The molecule has 8 atom stereocenters. The minimum Gasteiger partial charge on any atom is -0.452 e. The van der Waals surface area contributed by atoms with E-state index in [2.05, 4.69) is 0 Å². The largest absolute Gasteiger partial charge is 0.452 e. The first-order valence-electron chi connectivity index (χ1n) is 7.43. The van der Waals surface area contributed by atoms with Crippen molar-refractivity contribution >= 4 is 11.9 Å². The van der Waals surface area contributed by atoms with Gasteiger partial charge >= 0.3 is 23.5 Å². The van der Waals surface area contributed by atoms with Gasteiger partial charge in [-0.05, 0) is 0 Å². The van der Waals surface area contributed by atoms with Gasteiger partial charge in [0.15, 0.2) is 12.2 Å². The van der Waals surface area contributed by atoms with Gasteiger partial charge < -0.3 is 34.3 Å². The predicted octanol–water partition coefficient (Wildman–Crippen LogP) is -3.29. The molecule has 5 rings (SSSR count). The highest BCUT2D eigenvalue weighted by molar-refractivity contribution is 5.86. The summed E-state index contributed by atoms with van der Waals surface area (Å²) in [5.74, 6) is -13.2. The zero-order valence-corrected chi connectivity index (χ0v) is 12.3. The van der Waals surface area contributed by atoms with Gasteiger partial charge in [0.2, 0.25) is 0 Å². The minimum absolute atomic E-state index is 0.0225. The van der Waals surface area contributed by atoms with Crippen LogP contribution >= 0.6 is 0 Å². The first kappa shape index (κ1) is 15.0. The Morgan fingerprint density at radius 3 is 2.04 bits per heavy atom. The first-order chi connectivity index (χ1) is 11.2. The third kappa shape index (κ3) is 1.23. The molecule has 5 saturated heterocycles. The van der Waals surface area contributed by atoms with Crippen LogP contribution in [0.1, 0.15) is 6.92 Å². The molecule has 0 radical (unpaired) electrons. The molecular weight excluding hydrogens is 332 g/mol. The van der Waals surface area contributed by atoms with Crippen molar-refractivity contribution in [3.63, 3.8) is 0 Å². The Hall–Kier alpha value is -1.34. The van der Waals surface area contributed by atoms with Crippen molar-refractivity contribution < 1.29 is 53.3 Å². The van der Waals surface area contributed by atoms with E-state index in [1.807, 2.05) is 0 Å². The Morgan fingerprint density at radius 2 is 1.42 bits per heavy atom. The monoisotopic (exact) mass is 346 g/mol. The number of aliphatic hydroxyl groups is 3. The van der Waals surface area contributed by atoms with Gasteiger partial charge in [-0.25, -0.2) is 9.59 Å². The van der Waals surface area contributed by atoms with Crippen molar-refractivity contribution in [2.24, 2.45) is 5.92 Å². The van der Waals surface area contributed by atoms with Gasteiger partial charge in [0.25, 0.3) is 11.6 Å². The van der Waals surface area contributed by atoms with Gasteiger partial charge in [-0.1, -0.05) is 6.92 Å². The predicted molar refractivity (Wildman–Crippen MR) is 64.4 cm³/mol. The summed E-state index contributed by atoms with van der Waals surface area (Å²) in [4.78, 5) is 24.4. The van der Waals surface area contributed by atoms with Crippen LogP contribution in [-0.4, -0.2) is 81.9 Å². The zero-order valence-electron chi connectivity index (χ0n) is 12.3. The number of carbonyl (C=O) groups excluding carboxylic acids is 2. The van der Waals surface area contributed by atoms with Crippen molar-refractivity contribution in [3.05, 3.63) is 0 Å². The van der Waals surface area contributed by atoms with E-state index in [4.69, 9.17) is 28.4 Å². The highest BCUT2D eigenvalue weighted by atomic mass is 16.9. The first-order valence-corrected chi connectivity index (χ1v) is 7.43. The Morgan fingerprint density at radius 1 is 0.917 bits per heavy atom. The Bertz CT molecular complexity index is 610. The molecule has 5 fully saturated rings. The van der Waals surface area contributed by atoms with Gasteiger partial charge in [0.1, 0.15) is 6.10 Å². The molecule has 8 unspecified atom stereocenters. The summed E-state index contributed by atoms with van der Waals surface area (Å²) in [6.07, 6.45) is -3.96. The van der Waals surface area contributed by atoms with Crippen molar-refractivity contribution in [2.45, 2.75) is 48.4 Å². The molecule has 0 aromatic carbocycles. The number of esters is 2. The van der Waals surface area contributed by atoms with Gasteiger partial charge in [-0.15, -0.1) is 0 Å². The zero-order chi connectivity index (χ0) is 17.1. The third-order valence-corrected chi connectivity index (χ3v) is 5.21. The lowest BCUT2D eigenvalue weighted by atomic mass is 9.91. The van der Waals surface area contributed by atoms with E-state index in [1.165, 1.54) is 0 Å². The SMILES string of the molecule is CC1COC23OC4(O)C(=O)OC5C(O)COC54OC2(O)C(=O)OC13. The molecule has 5 aliphatic rings. The molecule has 0 saturated carbocycles. The molecule has 0 aliphatic carbocycles. The lowest BCUT2D eigenvalue weighted by molar-refractivity contribution is -0.528. The molecule has 11 heteroatoms. The average molecular weight is 346 g/mol. The summed E-state index contributed by atoms with van der Waals surface area (Å²) in [5.41, 5.74) is 0. The fourth-order valence-electron chi connectivity index (χ4n) is 4.02. The quantitative estimate of drug-likeness (QED) is 0.379. The average Bonchev–Trinajstić information content (AvgIpc) is 3.13. The fourth-order valence-corrected chi connectivity index (χ4v) is 4.02. The summed E-state index contributed by atoms with van der Waals surface area (Å²) in [6, 6.07) is 0. The van der Waals surface area contributed by atoms with Crippen LogP contribution in [0.25, 0.3) is 0 Å². The van der Waals surface area contributed by atoms with E-state index in [1.54, 1.807) is 6.92 Å². The van der Waals surface area contributed by atoms with Gasteiger partial charge in [0.05, 0.1) is 13.2 Å². The summed E-state index contributed by atoms with van der Waals surface area (Å²) in [5, 5.41) is 31.6. The standard InChI is InChI=1S/C13H14O11/c1-4-2-19-12-6(4)21-8(15)10(12,17)24-13-7(5(14)3-20-13)22-9(16)11(13,18)23-12/h4-7,14,17-18H,2-3H2,1H3. The molecule has 11 nitrogen and oxygen atoms in total. The Labute approximate surface area is 133 Å². The number of hydrogen-bond donors (Lipinski definition) is 3. The summed E-state index contributed by atoms with van der Waals surface area (Å²) in [6.45, 7) is 1.32. The summed E-state index contributed by atoms with van der Waals surface area (Å²) >= 11 is 0. The molecule has 3 N–H and O–H groups in total. The van der Waals surface area contributed by atoms with Gasteiger partial charge in [0, 0.05) is 5.92 Å². The molecule has 5 heterocycles. The van der Waals surface area contributed by atoms with Crippen LogP contribution in [0.5, 0.6) is 0 Å². The molecule has 0 bridgehead atoms. The number of ether oxygens (including phenoxy) is 6. The van der Waals surface area contributed by atoms with E-state index < -0.39 is 59.3 Å². The maximum atomic E-state index is 12.2. The Kier molecular flexibility index (Phi) is 2.43. The second-order valence-corrected chi connectivity index (χ2v) is 6.65. The van der Waals surface area contributed by atoms with Crippen LogP contribution in [0.3, 0.4) is 0 Å². The molecule has 0 aromatic heterocycles. The lowest BCUT2D eigenvalue weighted by Gasteiger charge is -2.50. The molecule has 24 heavy (non-hydrogen) atoms. The maximum absolute atomic E-state index is 12.2. The van der Waals surface area contributed by atoms with E-state index in [-0.39, 0.29) is 13.2 Å². The fraction of sp³-hybridized carbons (Fsp3) is 0.846. The number of rotatable bonds is 0. The number of hydrogen-bond acceptors (Lipinski definition) is 11. The van der Waals surface area contributed by atoms with Crippen LogP contribution in [0.4, 0.5) is 0 Å². The highest BCUT2D eigenvalue weighted by Gasteiger charge is 2.90. The molecule has 2 spiro atoms. The van der Waals surface area contributed by atoms with Crippen LogP contribution < -0.4 is 0 Å². The van der Waals surface area contributed by atoms with Crippen LogP contribution in [-0.2, 0) is 38.0 Å². The third-order valence-electron chi connectivity index (χ3n) is 5.21. The maximum Gasteiger partial charge on any atom is 0.373 e. The molecule has 5 aliphatic heterocycles. The van der Waals surface area contributed by atoms with Crippen molar-refractivity contribution in [1.82, 2.24) is 0 Å². The normalized spacial score (nSPS) is 61.0. The highest BCUT2D eigenvalue weighted by Crippen LogP contribution is 2.61. The topological polar surface area (TPSA) is 150 Å². The lowest BCUT2D eigenvalue weighted by Crippen LogP contribution is -2.78. The smallest absolute Gasteiger partial charge is 0.373 e. The molecular formula is C13H14O11. The van der Waals surface area contributed by atoms with E-state index in [0.717, 1.165) is 0 Å². The van der Waals surface area contributed by atoms with Gasteiger partial charge in [-0.2, -0.15) is 0 Å². The second kappa shape index (κ2) is 3.90. The van der Waals surface area contributed by atoms with Crippen molar-refractivity contribution in [1.29, 1.82) is 0 Å². The van der Waals surface area contributed by atoms with Crippen LogP contribution in [0, 0.1) is 5.92 Å². The molecule has 0 aromatic rings. The molecule has 132 valence electrons. The molecule has 0 amide bonds. The van der Waals surface area contributed by atoms with E-state index in [9.17, 15) is 24.9 Å². The minimum atomic E-state index is -2.85. The number of aliphatic hydroxyl groups excluding tert-OH is 1. The number of carbonyl (C=O) groups is 2. The summed E-state index contributed by atoms with van der Waals surface area (Å²) in [7, 11) is 0. The summed E-state index contributed by atoms with van der Waals surface area (Å²) < 4.78 is 31.5. The van der Waals surface area contributed by atoms with Crippen molar-refractivity contribution in [3.8, 4) is 0 Å². The van der Waals surface area contributed by atoms with Gasteiger partial charge in [-0.3, -0.25) is 9.47 Å². The van der Waals surface area contributed by atoms with Crippen LogP contribution in [0.15, 0.2) is 0 Å². The van der Waals surface area contributed by atoms with Crippen molar-refractivity contribution in [2.75, 3.05) is 13.2 Å². The van der Waals surface area contributed by atoms with Crippen LogP contribution in [0.2, 0.25) is 0 Å². The van der Waals surface area contributed by atoms with E-state index in [0.29, 0.717) is 0 Å². The Balaban J connectivity index is 1.70.